The van der Waals surface area contributed by atoms with Crippen LogP contribution in [0.15, 0.2) is 0 Å². The minimum atomic E-state index is -0.278. The molecule has 1 rings (SSSR count). The normalized spacial score (nSPS) is 10.1. The zero-order valence-corrected chi connectivity index (χ0v) is 9.09. The Hall–Kier alpha value is -0.380. The molecule has 1 aromatic rings. The van der Waals surface area contributed by atoms with Gasteiger partial charge in [0.25, 0.3) is 0 Å². The molecule has 0 aliphatic heterocycles. The largest absolute Gasteiger partial charge is 0.303 e. The average molecular weight is 237 g/mol. The Labute approximate surface area is 89.5 Å². The number of Topliss-reactive ketones (excluding diaryl/α,β-unsaturated/α-hetero) is 1. The van der Waals surface area contributed by atoms with Crippen LogP contribution < -0.4 is 0 Å². The monoisotopic (exact) mass is 236 g/mol. The summed E-state index contributed by atoms with van der Waals surface area (Å²) in [5.74, 6) is -0.278. The van der Waals surface area contributed by atoms with Crippen LogP contribution in [-0.4, -0.2) is 12.1 Å². The highest BCUT2D eigenvalue weighted by Crippen LogP contribution is 2.36. The molecule has 0 unspecified atom stereocenters. The maximum absolute atomic E-state index is 11.3. The molecule has 1 aromatic heterocycles. The Balaban J connectivity index is 3.08. The molecule has 0 aliphatic carbocycles. The van der Waals surface area contributed by atoms with Crippen molar-refractivity contribution in [2.24, 2.45) is 0 Å². The summed E-state index contributed by atoms with van der Waals surface area (Å²) in [5.41, 5.74) is 0. The van der Waals surface area contributed by atoms with Crippen LogP contribution in [0.4, 0.5) is 0 Å². The van der Waals surface area contributed by atoms with Crippen LogP contribution in [0.2, 0.25) is 10.0 Å². The van der Waals surface area contributed by atoms with Crippen LogP contribution in [0.3, 0.4) is 0 Å². The van der Waals surface area contributed by atoms with E-state index >= 15 is 0 Å². The average Bonchev–Trinajstić information content (AvgIpc) is 2.33. The minimum Gasteiger partial charge on any atom is -0.303 e. The van der Waals surface area contributed by atoms with E-state index in [0.29, 0.717) is 16.2 Å². The Morgan fingerprint density at radius 2 is 2.08 bits per heavy atom. The number of thiophene rings is 1. The molecule has 0 spiro atoms. The first-order valence-corrected chi connectivity index (χ1v) is 5.06. The Morgan fingerprint density at radius 3 is 2.46 bits per heavy atom. The van der Waals surface area contributed by atoms with E-state index < -0.39 is 0 Å². The molecule has 0 atom stereocenters. The molecule has 0 aliphatic rings. The summed E-state index contributed by atoms with van der Waals surface area (Å²) in [6.07, 6.45) is 0.414. The highest BCUT2D eigenvalue weighted by atomic mass is 35.5. The first-order chi connectivity index (χ1) is 6.07. The summed E-state index contributed by atoms with van der Waals surface area (Å²) in [7, 11) is 0. The SMILES string of the molecule is Cc1sc(C(=O)CC=O)c(Cl)c1Cl. The maximum Gasteiger partial charge on any atom is 0.181 e. The van der Waals surface area contributed by atoms with Gasteiger partial charge in [0.1, 0.15) is 6.29 Å². The third kappa shape index (κ3) is 2.10. The lowest BCUT2D eigenvalue weighted by Crippen LogP contribution is -1.96. The van der Waals surface area contributed by atoms with E-state index in [1.807, 2.05) is 0 Å². The van der Waals surface area contributed by atoms with Gasteiger partial charge in [-0.2, -0.15) is 0 Å². The number of hydrogen-bond acceptors (Lipinski definition) is 3. The second kappa shape index (κ2) is 4.22. The van der Waals surface area contributed by atoms with Crippen LogP contribution in [0.25, 0.3) is 0 Å². The van der Waals surface area contributed by atoms with Crippen molar-refractivity contribution in [3.8, 4) is 0 Å². The van der Waals surface area contributed by atoms with Crippen LogP contribution in [0.5, 0.6) is 0 Å². The van der Waals surface area contributed by atoms with Crippen LogP contribution in [0, 0.1) is 6.92 Å². The van der Waals surface area contributed by atoms with Crippen molar-refractivity contribution in [3.05, 3.63) is 19.8 Å². The van der Waals surface area contributed by atoms with Gasteiger partial charge in [0.15, 0.2) is 5.78 Å². The van der Waals surface area contributed by atoms with Crippen molar-refractivity contribution in [3.63, 3.8) is 0 Å². The third-order valence-corrected chi connectivity index (χ3v) is 3.80. The molecule has 5 heteroatoms. The highest BCUT2D eigenvalue weighted by molar-refractivity contribution is 7.15. The number of halogens is 2. The summed E-state index contributed by atoms with van der Waals surface area (Å²) in [4.78, 5) is 22.5. The first-order valence-electron chi connectivity index (χ1n) is 3.49. The van der Waals surface area contributed by atoms with E-state index in [-0.39, 0.29) is 17.2 Å². The molecular weight excluding hydrogens is 231 g/mol. The summed E-state index contributed by atoms with van der Waals surface area (Å²) < 4.78 is 0. The van der Waals surface area contributed by atoms with Crippen LogP contribution in [0.1, 0.15) is 21.0 Å². The van der Waals surface area contributed by atoms with Crippen molar-refractivity contribution < 1.29 is 9.59 Å². The predicted molar refractivity (Wildman–Crippen MR) is 54.1 cm³/mol. The molecule has 0 radical (unpaired) electrons. The van der Waals surface area contributed by atoms with Gasteiger partial charge in [-0.25, -0.2) is 0 Å². The van der Waals surface area contributed by atoms with E-state index in [9.17, 15) is 9.59 Å². The molecule has 0 bridgehead atoms. The highest BCUT2D eigenvalue weighted by Gasteiger charge is 2.17. The van der Waals surface area contributed by atoms with Crippen molar-refractivity contribution >= 4 is 46.6 Å². The lowest BCUT2D eigenvalue weighted by Gasteiger charge is -1.91. The standard InChI is InChI=1S/C8H6Cl2O2S/c1-4-6(9)7(10)8(13-4)5(12)2-3-11/h3H,2H2,1H3. The smallest absolute Gasteiger partial charge is 0.181 e. The van der Waals surface area contributed by atoms with Gasteiger partial charge in [-0.05, 0) is 6.92 Å². The first kappa shape index (κ1) is 10.7. The summed E-state index contributed by atoms with van der Waals surface area (Å²) in [6, 6.07) is 0. The topological polar surface area (TPSA) is 34.1 Å². The molecular formula is C8H6Cl2O2S. The number of carbonyl (C=O) groups is 2. The number of rotatable bonds is 3. The quantitative estimate of drug-likeness (QED) is 0.459. The molecule has 0 saturated carbocycles. The van der Waals surface area contributed by atoms with E-state index in [4.69, 9.17) is 23.2 Å². The number of aryl methyl sites for hydroxylation is 1. The lowest BCUT2D eigenvalue weighted by atomic mass is 10.2. The zero-order chi connectivity index (χ0) is 10.0. The van der Waals surface area contributed by atoms with E-state index in [1.54, 1.807) is 6.92 Å². The van der Waals surface area contributed by atoms with Gasteiger partial charge in [0.2, 0.25) is 0 Å². The fourth-order valence-electron chi connectivity index (χ4n) is 0.845. The van der Waals surface area contributed by atoms with Gasteiger partial charge in [-0.3, -0.25) is 4.79 Å². The van der Waals surface area contributed by atoms with Gasteiger partial charge in [0.05, 0.1) is 21.3 Å². The Morgan fingerprint density at radius 1 is 1.46 bits per heavy atom. The zero-order valence-electron chi connectivity index (χ0n) is 6.77. The molecule has 0 fully saturated rings. The molecule has 0 N–H and O–H groups in total. The molecule has 2 nitrogen and oxygen atoms in total. The summed E-state index contributed by atoms with van der Waals surface area (Å²) >= 11 is 12.8. The maximum atomic E-state index is 11.3. The van der Waals surface area contributed by atoms with Gasteiger partial charge in [-0.15, -0.1) is 11.3 Å². The third-order valence-electron chi connectivity index (χ3n) is 1.48. The minimum absolute atomic E-state index is 0.143. The molecule has 1 heterocycles. The van der Waals surface area contributed by atoms with Crippen molar-refractivity contribution in [1.82, 2.24) is 0 Å². The molecule has 13 heavy (non-hydrogen) atoms. The number of hydrogen-bond donors (Lipinski definition) is 0. The second-order valence-corrected chi connectivity index (χ2v) is 4.39. The lowest BCUT2D eigenvalue weighted by molar-refractivity contribution is -0.107. The van der Waals surface area contributed by atoms with Gasteiger partial charge in [-0.1, -0.05) is 23.2 Å². The van der Waals surface area contributed by atoms with Crippen molar-refractivity contribution in [2.45, 2.75) is 13.3 Å². The molecule has 0 amide bonds. The molecule has 0 saturated heterocycles. The van der Waals surface area contributed by atoms with Gasteiger partial charge < -0.3 is 4.79 Å². The fraction of sp³-hybridized carbons (Fsp3) is 0.250. The number of aldehydes is 1. The second-order valence-electron chi connectivity index (χ2n) is 2.41. The number of ketones is 1. The van der Waals surface area contributed by atoms with E-state index in [2.05, 4.69) is 0 Å². The summed E-state index contributed by atoms with van der Waals surface area (Å²) in [6.45, 7) is 1.77. The summed E-state index contributed by atoms with van der Waals surface area (Å²) in [5, 5.41) is 0.664. The molecule has 0 aromatic carbocycles. The Kier molecular flexibility index (Phi) is 3.47. The Bertz CT molecular complexity index is 357. The van der Waals surface area contributed by atoms with Crippen LogP contribution >= 0.6 is 34.5 Å². The van der Waals surface area contributed by atoms with Crippen molar-refractivity contribution in [1.29, 1.82) is 0 Å². The van der Waals surface area contributed by atoms with Crippen molar-refractivity contribution in [2.75, 3.05) is 0 Å². The van der Waals surface area contributed by atoms with E-state index in [0.717, 1.165) is 4.88 Å². The number of carbonyl (C=O) groups excluding carboxylic acids is 2. The van der Waals surface area contributed by atoms with Gasteiger partial charge >= 0.3 is 0 Å². The predicted octanol–water partition coefficient (Wildman–Crippen LogP) is 3.14. The fourth-order valence-corrected chi connectivity index (χ4v) is 2.42. The van der Waals surface area contributed by atoms with Crippen LogP contribution in [-0.2, 0) is 4.79 Å². The van der Waals surface area contributed by atoms with E-state index in [1.165, 1.54) is 11.3 Å². The van der Waals surface area contributed by atoms with Gasteiger partial charge in [0, 0.05) is 4.88 Å². The molecule has 70 valence electrons.